The second kappa shape index (κ2) is 9.20. The number of amides is 1. The molecule has 1 aliphatic heterocycles. The molecule has 1 aromatic carbocycles. The number of aryl methyl sites for hydroxylation is 2. The van der Waals surface area contributed by atoms with Crippen molar-refractivity contribution in [2.45, 2.75) is 46.5 Å². The van der Waals surface area contributed by atoms with Crippen LogP contribution in [0.5, 0.6) is 0 Å². The monoisotopic (exact) mass is 477 g/mol. The first-order valence-corrected chi connectivity index (χ1v) is 12.8. The van der Waals surface area contributed by atoms with Crippen LogP contribution in [0.4, 0.5) is 5.69 Å². The number of benzene rings is 1. The Labute approximate surface area is 203 Å². The van der Waals surface area contributed by atoms with Gasteiger partial charge in [0.2, 0.25) is 5.91 Å². The molecule has 170 valence electrons. The number of rotatable bonds is 5. The summed E-state index contributed by atoms with van der Waals surface area (Å²) in [5.41, 5.74) is 4.89. The van der Waals surface area contributed by atoms with E-state index >= 15 is 0 Å². The summed E-state index contributed by atoms with van der Waals surface area (Å²) in [7, 11) is 0. The van der Waals surface area contributed by atoms with Crippen molar-refractivity contribution in [3.05, 3.63) is 73.6 Å². The third kappa shape index (κ3) is 4.92. The Morgan fingerprint density at radius 1 is 1.30 bits per heavy atom. The van der Waals surface area contributed by atoms with Gasteiger partial charge >= 0.3 is 0 Å². The molecule has 2 heterocycles. The molecule has 0 radical (unpaired) electrons. The second-order valence-corrected chi connectivity index (χ2v) is 11.4. The normalized spacial score (nSPS) is 19.6. The van der Waals surface area contributed by atoms with Gasteiger partial charge in [-0.25, -0.2) is 0 Å². The molecule has 7 heteroatoms. The van der Waals surface area contributed by atoms with Crippen molar-refractivity contribution in [3.63, 3.8) is 0 Å². The molecule has 2 aromatic rings. The van der Waals surface area contributed by atoms with Gasteiger partial charge in [-0.3, -0.25) is 9.59 Å². The van der Waals surface area contributed by atoms with Crippen LogP contribution < -0.4 is 10.6 Å². The Bertz CT molecular complexity index is 1220. The average molecular weight is 478 g/mol. The van der Waals surface area contributed by atoms with E-state index in [0.717, 1.165) is 33.8 Å². The number of Topliss-reactive ketones (excluding diaryl/α,β-unsaturated/α-hetero) is 1. The van der Waals surface area contributed by atoms with E-state index in [1.54, 1.807) is 11.3 Å². The second-order valence-electron chi connectivity index (χ2n) is 9.42. The Morgan fingerprint density at radius 3 is 2.76 bits per heavy atom. The summed E-state index contributed by atoms with van der Waals surface area (Å²) in [4.78, 5) is 26.8. The van der Waals surface area contributed by atoms with Crippen LogP contribution in [0.2, 0.25) is 0 Å². The lowest BCUT2D eigenvalue weighted by molar-refractivity contribution is -0.118. The highest BCUT2D eigenvalue weighted by molar-refractivity contribution is 8.03. The van der Waals surface area contributed by atoms with E-state index in [1.807, 2.05) is 49.6 Å². The van der Waals surface area contributed by atoms with Gasteiger partial charge in [0.1, 0.15) is 0 Å². The summed E-state index contributed by atoms with van der Waals surface area (Å²) in [6.07, 6.45) is 1.20. The first kappa shape index (κ1) is 23.3. The van der Waals surface area contributed by atoms with Crippen LogP contribution in [0.3, 0.4) is 0 Å². The lowest BCUT2D eigenvalue weighted by Gasteiger charge is -2.38. The maximum Gasteiger partial charge on any atom is 0.234 e. The lowest BCUT2D eigenvalue weighted by Crippen LogP contribution is -2.36. The number of thioether (sulfide) groups is 1. The molecule has 1 amide bonds. The number of allylic oxidation sites excluding steroid dienone is 3. The van der Waals surface area contributed by atoms with E-state index in [-0.39, 0.29) is 28.8 Å². The number of carbonyl (C=O) groups is 2. The summed E-state index contributed by atoms with van der Waals surface area (Å²) in [5.74, 6) is -0.250. The van der Waals surface area contributed by atoms with Crippen LogP contribution in [0, 0.1) is 30.6 Å². The molecule has 1 aliphatic carbocycles. The molecule has 0 spiro atoms. The predicted octanol–water partition coefficient (Wildman–Crippen LogP) is 5.80. The van der Waals surface area contributed by atoms with Crippen LogP contribution in [-0.4, -0.2) is 17.4 Å². The zero-order valence-corrected chi connectivity index (χ0v) is 20.9. The van der Waals surface area contributed by atoms with Crippen molar-refractivity contribution >= 4 is 40.5 Å². The van der Waals surface area contributed by atoms with Gasteiger partial charge in [0.05, 0.1) is 28.3 Å². The van der Waals surface area contributed by atoms with Gasteiger partial charge < -0.3 is 10.6 Å². The minimum absolute atomic E-state index is 0.0940. The number of anilines is 1. The summed E-state index contributed by atoms with van der Waals surface area (Å²) in [5, 5.41) is 19.1. The summed E-state index contributed by atoms with van der Waals surface area (Å²) in [6.45, 7) is 8.16. The number of carbonyl (C=O) groups excluding carboxylic acids is 2. The van der Waals surface area contributed by atoms with E-state index in [4.69, 9.17) is 0 Å². The molecule has 0 fully saturated rings. The molecule has 1 unspecified atom stereocenters. The number of hydrogen-bond donors (Lipinski definition) is 2. The first-order chi connectivity index (χ1) is 15.7. The quantitative estimate of drug-likeness (QED) is 0.569. The Hall–Kier alpha value is -2.82. The first-order valence-electron chi connectivity index (χ1n) is 10.9. The van der Waals surface area contributed by atoms with E-state index < -0.39 is 0 Å². The number of nitriles is 1. The number of ketones is 1. The average Bonchev–Trinajstić information content (AvgIpc) is 3.27. The minimum atomic E-state index is -0.375. The summed E-state index contributed by atoms with van der Waals surface area (Å²) < 4.78 is 0. The highest BCUT2D eigenvalue weighted by atomic mass is 32.2. The fourth-order valence-electron chi connectivity index (χ4n) is 4.51. The number of thiophene rings is 1. The van der Waals surface area contributed by atoms with E-state index in [9.17, 15) is 14.9 Å². The fourth-order valence-corrected chi connectivity index (χ4v) is 6.21. The molecule has 0 saturated carbocycles. The van der Waals surface area contributed by atoms with Crippen LogP contribution in [0.25, 0.3) is 0 Å². The van der Waals surface area contributed by atoms with Crippen LogP contribution in [-0.2, 0) is 9.59 Å². The van der Waals surface area contributed by atoms with E-state index in [2.05, 4.69) is 30.6 Å². The summed E-state index contributed by atoms with van der Waals surface area (Å²) in [6, 6.07) is 12.2. The summed E-state index contributed by atoms with van der Waals surface area (Å²) >= 11 is 2.87. The largest absolute Gasteiger partial charge is 0.352 e. The Balaban J connectivity index is 1.60. The molecular formula is C26H27N3O2S2. The van der Waals surface area contributed by atoms with Gasteiger partial charge in [0.15, 0.2) is 5.78 Å². The van der Waals surface area contributed by atoms with Crippen molar-refractivity contribution in [2.75, 3.05) is 11.1 Å². The molecule has 33 heavy (non-hydrogen) atoms. The minimum Gasteiger partial charge on any atom is -0.352 e. The molecule has 4 rings (SSSR count). The van der Waals surface area contributed by atoms with Gasteiger partial charge in [0, 0.05) is 28.3 Å². The van der Waals surface area contributed by atoms with Gasteiger partial charge in [0.25, 0.3) is 0 Å². The van der Waals surface area contributed by atoms with Crippen LogP contribution >= 0.6 is 23.1 Å². The van der Waals surface area contributed by atoms with Crippen molar-refractivity contribution in [1.29, 1.82) is 5.26 Å². The third-order valence-electron chi connectivity index (χ3n) is 5.96. The van der Waals surface area contributed by atoms with Gasteiger partial charge in [-0.05, 0) is 48.8 Å². The zero-order valence-electron chi connectivity index (χ0n) is 19.2. The molecule has 1 aromatic heterocycles. The zero-order chi connectivity index (χ0) is 23.8. The third-order valence-corrected chi connectivity index (χ3v) is 7.91. The van der Waals surface area contributed by atoms with Crippen molar-refractivity contribution < 1.29 is 9.59 Å². The predicted molar refractivity (Wildman–Crippen MR) is 135 cm³/mol. The number of nitrogens with one attached hydrogen (secondary N) is 2. The van der Waals surface area contributed by atoms with Crippen LogP contribution in [0.1, 0.15) is 48.6 Å². The molecule has 0 bridgehead atoms. The fraction of sp³-hybridized carbons (Fsp3) is 0.346. The molecule has 0 saturated heterocycles. The molecule has 5 nitrogen and oxygen atoms in total. The smallest absolute Gasteiger partial charge is 0.234 e. The standard InChI is InChI=1S/C26H27N3O2S2/c1-15-7-8-18(16(2)10-15)28-22(31)14-33-25-17(13-27)23(21-6-5-9-32-21)24-19(29-25)11-26(3,4)12-20(24)30/h5-10,23,29H,11-12,14H2,1-4H3,(H,28,31). The van der Waals surface area contributed by atoms with E-state index in [0.29, 0.717) is 22.6 Å². The van der Waals surface area contributed by atoms with Crippen molar-refractivity contribution in [2.24, 2.45) is 5.41 Å². The van der Waals surface area contributed by atoms with Crippen LogP contribution in [0.15, 0.2) is 57.6 Å². The Kier molecular flexibility index (Phi) is 6.51. The molecule has 2 N–H and O–H groups in total. The maximum absolute atomic E-state index is 13.1. The molecule has 1 atom stereocenters. The van der Waals surface area contributed by atoms with E-state index in [1.165, 1.54) is 11.8 Å². The number of nitrogens with zero attached hydrogens (tertiary/aromatic N) is 1. The molecule has 2 aliphatic rings. The molecular weight excluding hydrogens is 450 g/mol. The van der Waals surface area contributed by atoms with Crippen molar-refractivity contribution in [3.8, 4) is 6.07 Å². The number of hydrogen-bond acceptors (Lipinski definition) is 6. The van der Waals surface area contributed by atoms with Gasteiger partial charge in [-0.1, -0.05) is 49.4 Å². The van der Waals surface area contributed by atoms with Crippen molar-refractivity contribution in [1.82, 2.24) is 5.32 Å². The highest BCUT2D eigenvalue weighted by Crippen LogP contribution is 2.48. The maximum atomic E-state index is 13.1. The topological polar surface area (TPSA) is 82.0 Å². The Morgan fingerprint density at radius 2 is 2.09 bits per heavy atom. The highest BCUT2D eigenvalue weighted by Gasteiger charge is 2.42. The number of dihydropyridines is 1. The van der Waals surface area contributed by atoms with Gasteiger partial charge in [-0.15, -0.1) is 11.3 Å². The van der Waals surface area contributed by atoms with Gasteiger partial charge in [-0.2, -0.15) is 5.26 Å². The lowest BCUT2D eigenvalue weighted by atomic mass is 9.70. The SMILES string of the molecule is Cc1ccc(NC(=O)CSC2=C(C#N)C(c3cccs3)C3=C(CC(C)(C)CC3=O)N2)c(C)c1.